The molecule has 2 heterocycles. The van der Waals surface area contributed by atoms with Crippen LogP contribution in [0, 0.1) is 23.7 Å². The van der Waals surface area contributed by atoms with E-state index in [4.69, 9.17) is 9.47 Å². The molecule has 0 aromatic heterocycles. The number of carbonyl (C=O) groups is 5. The maximum atomic E-state index is 14.2. The van der Waals surface area contributed by atoms with Gasteiger partial charge in [-0.2, -0.15) is 0 Å². The van der Waals surface area contributed by atoms with Crippen LogP contribution in [0.1, 0.15) is 77.8 Å². The number of nitrogens with one attached hydrogen (secondary N) is 2. The fourth-order valence-electron chi connectivity index (χ4n) is 6.84. The number of epoxide rings is 1. The summed E-state index contributed by atoms with van der Waals surface area (Å²) >= 11 is 0. The topological polar surface area (TPSA) is 134 Å². The Bertz CT molecular complexity index is 1470. The lowest BCUT2D eigenvalue weighted by Gasteiger charge is -2.28. The molecule has 2 amide bonds. The summed E-state index contributed by atoms with van der Waals surface area (Å²) in [6.45, 7) is 12.8. The standard InChI is InChI=1S/C42H59N3O7/c1-29(2)22-36(43-40(49)33(17-16-31-12-8-6-9-13-31)25-35(46)27-45-18-20-51-21-19-45)38(47)26-34(24-32-14-10-7-11-15-32)41(50)44-37(23-30(3)4)39(48)42(5)28-52-42/h6-15,29-30,33-34,36-37H,16-28H2,1-5H3,(H,43,49)(H,44,50)/t33-,34-,36+,37+,42-/m1/s1. The number of hydrogen-bond acceptors (Lipinski definition) is 8. The number of carbonyl (C=O) groups excluding carboxylic acids is 5. The average Bonchev–Trinajstić information content (AvgIpc) is 3.87. The molecule has 0 aliphatic carbocycles. The lowest BCUT2D eigenvalue weighted by Crippen LogP contribution is -2.50. The van der Waals surface area contributed by atoms with Gasteiger partial charge in [-0.1, -0.05) is 88.4 Å². The van der Waals surface area contributed by atoms with Crippen molar-refractivity contribution in [3.05, 3.63) is 71.8 Å². The number of aryl methyl sites for hydroxylation is 1. The van der Waals surface area contributed by atoms with Crippen molar-refractivity contribution < 1.29 is 33.4 Å². The number of rotatable bonds is 22. The maximum absolute atomic E-state index is 14.2. The van der Waals surface area contributed by atoms with Crippen molar-refractivity contribution in [3.63, 3.8) is 0 Å². The van der Waals surface area contributed by atoms with Crippen LogP contribution in [0.4, 0.5) is 0 Å². The minimum absolute atomic E-state index is 0.0163. The van der Waals surface area contributed by atoms with E-state index in [0.29, 0.717) is 65.0 Å². The zero-order chi connectivity index (χ0) is 37.7. The van der Waals surface area contributed by atoms with Crippen LogP contribution in [0.2, 0.25) is 0 Å². The van der Waals surface area contributed by atoms with Crippen LogP contribution >= 0.6 is 0 Å². The summed E-state index contributed by atoms with van der Waals surface area (Å²) in [7, 11) is 0. The molecule has 4 rings (SSSR count). The lowest BCUT2D eigenvalue weighted by molar-refractivity contribution is -0.136. The summed E-state index contributed by atoms with van der Waals surface area (Å²) < 4.78 is 10.9. The first-order valence-corrected chi connectivity index (χ1v) is 19.0. The first-order valence-electron chi connectivity index (χ1n) is 19.0. The first kappa shape index (κ1) is 41.0. The molecule has 2 aromatic rings. The van der Waals surface area contributed by atoms with Gasteiger partial charge in [-0.05, 0) is 62.0 Å². The van der Waals surface area contributed by atoms with Crippen LogP contribution in [0.5, 0.6) is 0 Å². The van der Waals surface area contributed by atoms with Gasteiger partial charge in [0.15, 0.2) is 11.6 Å². The van der Waals surface area contributed by atoms with Gasteiger partial charge in [0.25, 0.3) is 0 Å². The Hall–Kier alpha value is -3.73. The molecule has 284 valence electrons. The first-order chi connectivity index (χ1) is 24.8. The van der Waals surface area contributed by atoms with Gasteiger partial charge in [0.1, 0.15) is 11.4 Å². The van der Waals surface area contributed by atoms with Gasteiger partial charge in [0.2, 0.25) is 11.8 Å². The van der Waals surface area contributed by atoms with E-state index >= 15 is 0 Å². The van der Waals surface area contributed by atoms with Crippen molar-refractivity contribution in [3.8, 4) is 0 Å². The molecule has 2 aromatic carbocycles. The van der Waals surface area contributed by atoms with Crippen LogP contribution in [-0.2, 0) is 46.3 Å². The molecule has 10 nitrogen and oxygen atoms in total. The zero-order valence-corrected chi connectivity index (χ0v) is 31.7. The monoisotopic (exact) mass is 717 g/mol. The quantitative estimate of drug-likeness (QED) is 0.167. The number of ketones is 3. The summed E-state index contributed by atoms with van der Waals surface area (Å²) in [5.41, 5.74) is 1.07. The van der Waals surface area contributed by atoms with E-state index in [1.807, 2.05) is 88.4 Å². The molecular weight excluding hydrogens is 658 g/mol. The Morgan fingerprint density at radius 1 is 0.750 bits per heavy atom. The van der Waals surface area contributed by atoms with Crippen LogP contribution in [0.3, 0.4) is 0 Å². The molecule has 10 heteroatoms. The van der Waals surface area contributed by atoms with E-state index in [0.717, 1.165) is 11.1 Å². The van der Waals surface area contributed by atoms with Crippen molar-refractivity contribution in [2.45, 2.75) is 97.2 Å². The van der Waals surface area contributed by atoms with E-state index in [9.17, 15) is 24.0 Å². The minimum atomic E-state index is -0.898. The van der Waals surface area contributed by atoms with E-state index < -0.39 is 29.5 Å². The second-order valence-electron chi connectivity index (χ2n) is 15.7. The Morgan fingerprint density at radius 2 is 1.29 bits per heavy atom. The fraction of sp³-hybridized carbons (Fsp3) is 0.595. The molecular formula is C42H59N3O7. The highest BCUT2D eigenvalue weighted by Gasteiger charge is 2.50. The number of amides is 2. The number of morpholine rings is 1. The number of Topliss-reactive ketones (excluding diaryl/α,β-unsaturated/α-hetero) is 3. The van der Waals surface area contributed by atoms with E-state index in [-0.39, 0.29) is 60.4 Å². The SMILES string of the molecule is CC(C)C[C@H](NC(=O)[C@H](CCc1ccccc1)CC(=O)CN1CCOCC1)C(=O)C[C@@H](Cc1ccccc1)C(=O)N[C@@H](CC(C)C)C(=O)[C@@]1(C)CO1. The number of benzene rings is 2. The molecule has 2 fully saturated rings. The molecule has 2 aliphatic heterocycles. The molecule has 0 bridgehead atoms. The minimum Gasteiger partial charge on any atom is -0.379 e. The van der Waals surface area contributed by atoms with Crippen molar-refractivity contribution in [2.75, 3.05) is 39.5 Å². The van der Waals surface area contributed by atoms with Crippen molar-refractivity contribution in [1.29, 1.82) is 0 Å². The van der Waals surface area contributed by atoms with Gasteiger partial charge in [-0.25, -0.2) is 0 Å². The summed E-state index contributed by atoms with van der Waals surface area (Å²) in [6.07, 6.45) is 2.18. The van der Waals surface area contributed by atoms with Crippen LogP contribution in [0.25, 0.3) is 0 Å². The van der Waals surface area contributed by atoms with Crippen molar-refractivity contribution in [1.82, 2.24) is 15.5 Å². The summed E-state index contributed by atoms with van der Waals surface area (Å²) in [4.78, 5) is 71.0. The molecule has 2 N–H and O–H groups in total. The normalized spacial score (nSPS) is 19.8. The molecule has 0 saturated carbocycles. The Balaban J connectivity index is 1.51. The fourth-order valence-corrected chi connectivity index (χ4v) is 6.84. The van der Waals surface area contributed by atoms with Crippen molar-refractivity contribution >= 4 is 29.2 Å². The van der Waals surface area contributed by atoms with E-state index in [2.05, 4.69) is 15.5 Å². The predicted octanol–water partition coefficient (Wildman–Crippen LogP) is 4.76. The number of ether oxygens (including phenoxy) is 2. The van der Waals surface area contributed by atoms with Crippen molar-refractivity contribution in [2.24, 2.45) is 23.7 Å². The van der Waals surface area contributed by atoms with Crippen LogP contribution in [-0.4, -0.2) is 91.2 Å². The second kappa shape index (κ2) is 19.9. The predicted molar refractivity (Wildman–Crippen MR) is 201 cm³/mol. The highest BCUT2D eigenvalue weighted by atomic mass is 16.6. The number of nitrogens with zero attached hydrogens (tertiary/aromatic N) is 1. The largest absolute Gasteiger partial charge is 0.379 e. The van der Waals surface area contributed by atoms with Gasteiger partial charge < -0.3 is 20.1 Å². The van der Waals surface area contributed by atoms with Gasteiger partial charge in [-0.3, -0.25) is 28.9 Å². The second-order valence-corrected chi connectivity index (χ2v) is 15.7. The maximum Gasteiger partial charge on any atom is 0.224 e. The molecule has 0 radical (unpaired) electrons. The van der Waals surface area contributed by atoms with Crippen LogP contribution in [0.15, 0.2) is 60.7 Å². The molecule has 52 heavy (non-hydrogen) atoms. The number of hydrogen-bond donors (Lipinski definition) is 2. The summed E-state index contributed by atoms with van der Waals surface area (Å²) in [5, 5.41) is 6.03. The summed E-state index contributed by atoms with van der Waals surface area (Å²) in [5.74, 6) is -2.27. The molecule has 2 saturated heterocycles. The van der Waals surface area contributed by atoms with E-state index in [1.165, 1.54) is 0 Å². The average molecular weight is 718 g/mol. The Morgan fingerprint density at radius 3 is 1.87 bits per heavy atom. The van der Waals surface area contributed by atoms with Crippen LogP contribution < -0.4 is 10.6 Å². The van der Waals surface area contributed by atoms with Gasteiger partial charge in [0, 0.05) is 37.8 Å². The summed E-state index contributed by atoms with van der Waals surface area (Å²) in [6, 6.07) is 17.8. The smallest absolute Gasteiger partial charge is 0.224 e. The third-order valence-corrected chi connectivity index (χ3v) is 9.97. The third kappa shape index (κ3) is 13.4. The Kier molecular flexibility index (Phi) is 15.7. The molecule has 0 spiro atoms. The molecule has 0 unspecified atom stereocenters. The van der Waals surface area contributed by atoms with Gasteiger partial charge >= 0.3 is 0 Å². The lowest BCUT2D eigenvalue weighted by atomic mass is 9.87. The zero-order valence-electron chi connectivity index (χ0n) is 31.7. The highest BCUT2D eigenvalue weighted by Crippen LogP contribution is 2.30. The van der Waals surface area contributed by atoms with Gasteiger partial charge in [-0.15, -0.1) is 0 Å². The van der Waals surface area contributed by atoms with Gasteiger partial charge in [0.05, 0.1) is 38.4 Å². The third-order valence-electron chi connectivity index (χ3n) is 9.97. The molecule has 5 atom stereocenters. The van der Waals surface area contributed by atoms with E-state index in [1.54, 1.807) is 6.92 Å². The highest BCUT2D eigenvalue weighted by molar-refractivity contribution is 5.98. The Labute approximate surface area is 309 Å². The molecule has 2 aliphatic rings.